The van der Waals surface area contributed by atoms with Crippen molar-refractivity contribution >= 4 is 17.6 Å². The van der Waals surface area contributed by atoms with Crippen molar-refractivity contribution in [3.05, 3.63) is 46.8 Å². The second-order valence-electron chi connectivity index (χ2n) is 5.14. The summed E-state index contributed by atoms with van der Waals surface area (Å²) in [5, 5.41) is 2.53. The van der Waals surface area contributed by atoms with E-state index in [2.05, 4.69) is 19.8 Å². The van der Waals surface area contributed by atoms with E-state index in [9.17, 15) is 22.8 Å². The molecule has 1 amide bonds. The van der Waals surface area contributed by atoms with E-state index in [1.54, 1.807) is 13.8 Å². The van der Waals surface area contributed by atoms with Gasteiger partial charge >= 0.3 is 12.3 Å². The van der Waals surface area contributed by atoms with E-state index in [1.165, 1.54) is 19.2 Å². The fourth-order valence-corrected chi connectivity index (χ4v) is 2.32. The van der Waals surface area contributed by atoms with Gasteiger partial charge in [0.2, 0.25) is 0 Å². The van der Waals surface area contributed by atoms with Crippen LogP contribution in [0.2, 0.25) is 0 Å². The van der Waals surface area contributed by atoms with E-state index in [1.807, 2.05) is 0 Å². The molecule has 0 unspecified atom stereocenters. The molecule has 0 spiro atoms. The van der Waals surface area contributed by atoms with Crippen molar-refractivity contribution in [3.8, 4) is 5.75 Å². The molecule has 0 aliphatic heterocycles. The molecule has 0 atom stereocenters. The second-order valence-corrected chi connectivity index (χ2v) is 5.14. The van der Waals surface area contributed by atoms with Crippen LogP contribution in [0.15, 0.2) is 24.3 Å². The highest BCUT2D eigenvalue weighted by Crippen LogP contribution is 2.25. The largest absolute Gasteiger partial charge is 0.573 e. The van der Waals surface area contributed by atoms with Gasteiger partial charge in [-0.25, -0.2) is 4.79 Å². The Kier molecular flexibility index (Phi) is 5.05. The Morgan fingerprint density at radius 3 is 2.24 bits per heavy atom. The first-order valence-electron chi connectivity index (χ1n) is 7.07. The van der Waals surface area contributed by atoms with Crippen LogP contribution in [-0.4, -0.2) is 30.3 Å². The quantitative estimate of drug-likeness (QED) is 0.821. The highest BCUT2D eigenvalue weighted by molar-refractivity contribution is 6.06. The number of alkyl halides is 3. The monoisotopic (exact) mass is 356 g/mol. The SMILES string of the molecule is COC(=O)c1c(C)[nH]c(C(=O)Nc2ccc(OC(F)(F)F)cc2)c1C. The molecule has 1 aromatic heterocycles. The van der Waals surface area contributed by atoms with Gasteiger partial charge in [0.25, 0.3) is 5.91 Å². The lowest BCUT2D eigenvalue weighted by Crippen LogP contribution is -2.17. The smallest absolute Gasteiger partial charge is 0.465 e. The third-order valence-electron chi connectivity index (χ3n) is 3.40. The first kappa shape index (κ1) is 18.4. The van der Waals surface area contributed by atoms with E-state index >= 15 is 0 Å². The highest BCUT2D eigenvalue weighted by Gasteiger charge is 2.31. The van der Waals surface area contributed by atoms with E-state index in [0.29, 0.717) is 11.3 Å². The summed E-state index contributed by atoms with van der Waals surface area (Å²) in [6.45, 7) is 3.21. The summed E-state index contributed by atoms with van der Waals surface area (Å²) in [4.78, 5) is 26.8. The van der Waals surface area contributed by atoms with Crippen molar-refractivity contribution in [2.75, 3.05) is 12.4 Å². The van der Waals surface area contributed by atoms with Gasteiger partial charge in [-0.15, -0.1) is 13.2 Å². The maximum absolute atomic E-state index is 12.3. The molecule has 2 rings (SSSR count). The van der Waals surface area contributed by atoms with Crippen molar-refractivity contribution in [3.63, 3.8) is 0 Å². The molecule has 2 aromatic rings. The number of nitrogens with one attached hydrogen (secondary N) is 2. The number of amides is 1. The Labute approximate surface area is 140 Å². The van der Waals surface area contributed by atoms with Gasteiger partial charge in [0.05, 0.1) is 12.7 Å². The number of rotatable bonds is 4. The van der Waals surface area contributed by atoms with Crippen LogP contribution in [-0.2, 0) is 4.74 Å². The second kappa shape index (κ2) is 6.88. The van der Waals surface area contributed by atoms with Crippen LogP contribution in [0.5, 0.6) is 5.75 Å². The molecule has 0 saturated carbocycles. The predicted molar refractivity (Wildman–Crippen MR) is 82.7 cm³/mol. The first-order valence-corrected chi connectivity index (χ1v) is 7.07. The lowest BCUT2D eigenvalue weighted by atomic mass is 10.1. The molecule has 9 heteroatoms. The zero-order valence-corrected chi connectivity index (χ0v) is 13.6. The zero-order chi connectivity index (χ0) is 18.8. The van der Waals surface area contributed by atoms with E-state index in [4.69, 9.17) is 0 Å². The summed E-state index contributed by atoms with van der Waals surface area (Å²) in [7, 11) is 1.23. The van der Waals surface area contributed by atoms with Crippen molar-refractivity contribution in [1.82, 2.24) is 4.98 Å². The summed E-state index contributed by atoms with van der Waals surface area (Å²) >= 11 is 0. The molecule has 1 heterocycles. The average Bonchev–Trinajstić information content (AvgIpc) is 2.82. The van der Waals surface area contributed by atoms with Crippen molar-refractivity contribution in [2.24, 2.45) is 0 Å². The number of halogens is 3. The van der Waals surface area contributed by atoms with Crippen molar-refractivity contribution in [2.45, 2.75) is 20.2 Å². The van der Waals surface area contributed by atoms with Gasteiger partial charge in [-0.05, 0) is 43.7 Å². The summed E-state index contributed by atoms with van der Waals surface area (Å²) in [6, 6.07) is 4.70. The maximum atomic E-state index is 12.3. The Morgan fingerprint density at radius 2 is 1.72 bits per heavy atom. The number of esters is 1. The molecule has 25 heavy (non-hydrogen) atoms. The van der Waals surface area contributed by atoms with Gasteiger partial charge in [0, 0.05) is 11.4 Å². The molecule has 2 N–H and O–H groups in total. The number of benzene rings is 1. The molecule has 0 fully saturated rings. The molecular weight excluding hydrogens is 341 g/mol. The van der Waals surface area contributed by atoms with Gasteiger partial charge in [-0.1, -0.05) is 0 Å². The predicted octanol–water partition coefficient (Wildman–Crippen LogP) is 3.57. The molecule has 0 radical (unpaired) electrons. The Morgan fingerprint density at radius 1 is 1.12 bits per heavy atom. The normalized spacial score (nSPS) is 11.1. The molecule has 0 aliphatic carbocycles. The molecule has 0 saturated heterocycles. The summed E-state index contributed by atoms with van der Waals surface area (Å²) < 4.78 is 44.8. The number of ether oxygens (including phenoxy) is 2. The van der Waals surface area contributed by atoms with E-state index in [-0.39, 0.29) is 16.9 Å². The molecule has 6 nitrogen and oxygen atoms in total. The Balaban J connectivity index is 2.16. The number of aromatic nitrogens is 1. The number of aryl methyl sites for hydroxylation is 1. The van der Waals surface area contributed by atoms with Crippen molar-refractivity contribution in [1.29, 1.82) is 0 Å². The number of aromatic amines is 1. The van der Waals surface area contributed by atoms with Gasteiger partial charge in [0.1, 0.15) is 11.4 Å². The molecular formula is C16H15F3N2O4. The van der Waals surface area contributed by atoms with Crippen LogP contribution in [0, 0.1) is 13.8 Å². The number of carbonyl (C=O) groups is 2. The van der Waals surface area contributed by atoms with Gasteiger partial charge < -0.3 is 19.8 Å². The number of hydrogen-bond acceptors (Lipinski definition) is 4. The zero-order valence-electron chi connectivity index (χ0n) is 13.6. The fraction of sp³-hybridized carbons (Fsp3) is 0.250. The van der Waals surface area contributed by atoms with Gasteiger partial charge in [0.15, 0.2) is 0 Å². The summed E-state index contributed by atoms with van der Waals surface area (Å²) in [5.41, 5.74) is 1.59. The average molecular weight is 356 g/mol. The minimum absolute atomic E-state index is 0.161. The minimum Gasteiger partial charge on any atom is -0.465 e. The molecule has 0 bridgehead atoms. The van der Waals surface area contributed by atoms with E-state index in [0.717, 1.165) is 12.1 Å². The van der Waals surface area contributed by atoms with Gasteiger partial charge in [-0.2, -0.15) is 0 Å². The number of anilines is 1. The van der Waals surface area contributed by atoms with Gasteiger partial charge in [-0.3, -0.25) is 4.79 Å². The number of hydrogen-bond donors (Lipinski definition) is 2. The maximum Gasteiger partial charge on any atom is 0.573 e. The highest BCUT2D eigenvalue weighted by atomic mass is 19.4. The number of H-pyrrole nitrogens is 1. The lowest BCUT2D eigenvalue weighted by molar-refractivity contribution is -0.274. The minimum atomic E-state index is -4.78. The molecule has 134 valence electrons. The van der Waals surface area contributed by atoms with Crippen LogP contribution >= 0.6 is 0 Å². The number of methoxy groups -OCH3 is 1. The first-order chi connectivity index (χ1) is 11.6. The van der Waals surface area contributed by atoms with E-state index < -0.39 is 24.0 Å². The van der Waals surface area contributed by atoms with Crippen molar-refractivity contribution < 1.29 is 32.2 Å². The van der Waals surface area contributed by atoms with Crippen LogP contribution in [0.25, 0.3) is 0 Å². The topological polar surface area (TPSA) is 80.4 Å². The molecule has 0 aliphatic rings. The third-order valence-corrected chi connectivity index (χ3v) is 3.40. The number of carbonyl (C=O) groups excluding carboxylic acids is 2. The lowest BCUT2D eigenvalue weighted by Gasteiger charge is -2.10. The van der Waals surface area contributed by atoms with Crippen LogP contribution in [0.1, 0.15) is 32.1 Å². The standard InChI is InChI=1S/C16H15F3N2O4/c1-8-12(15(23)24-3)9(2)20-13(8)14(22)21-10-4-6-11(7-5-10)25-16(17,18)19/h4-7,20H,1-3H3,(H,21,22). The van der Waals surface area contributed by atoms with Crippen LogP contribution < -0.4 is 10.1 Å². The third kappa shape index (κ3) is 4.31. The Bertz CT molecular complexity index is 795. The van der Waals surface area contributed by atoms with Crippen LogP contribution in [0.4, 0.5) is 18.9 Å². The molecule has 1 aromatic carbocycles. The fourth-order valence-electron chi connectivity index (χ4n) is 2.32. The summed E-state index contributed by atoms with van der Waals surface area (Å²) in [5.74, 6) is -1.51. The van der Waals surface area contributed by atoms with Crippen LogP contribution in [0.3, 0.4) is 0 Å². The summed E-state index contributed by atoms with van der Waals surface area (Å²) in [6.07, 6.45) is -4.78. The Hall–Kier alpha value is -2.97.